The molecule has 0 spiro atoms. The highest BCUT2D eigenvalue weighted by Gasteiger charge is 2.26. The first kappa shape index (κ1) is 14.1. The van der Waals surface area contributed by atoms with Crippen LogP contribution in [0.5, 0.6) is 0 Å². The van der Waals surface area contributed by atoms with E-state index < -0.39 is 0 Å². The zero-order valence-corrected chi connectivity index (χ0v) is 12.7. The molecule has 1 aliphatic rings. The fraction of sp³-hybridized carbons (Fsp3) is 0.400. The first-order valence-electron chi connectivity index (χ1n) is 7.10. The maximum Gasteiger partial charge on any atom is 0.233 e. The van der Waals surface area contributed by atoms with Gasteiger partial charge in [-0.15, -0.1) is 0 Å². The van der Waals surface area contributed by atoms with E-state index in [1.54, 1.807) is 12.4 Å². The van der Waals surface area contributed by atoms with E-state index >= 15 is 0 Å². The molecule has 2 heterocycles. The summed E-state index contributed by atoms with van der Waals surface area (Å²) in [5.74, 6) is 0.0925. The van der Waals surface area contributed by atoms with E-state index in [1.165, 1.54) is 11.8 Å². The SMILES string of the molecule is CC(Sc1nccn1Cc1ccccn1)C(=O)NC1CC1. The molecule has 21 heavy (non-hydrogen) atoms. The molecular weight excluding hydrogens is 284 g/mol. The monoisotopic (exact) mass is 302 g/mol. The summed E-state index contributed by atoms with van der Waals surface area (Å²) >= 11 is 1.49. The first-order valence-corrected chi connectivity index (χ1v) is 7.98. The predicted molar refractivity (Wildman–Crippen MR) is 82.0 cm³/mol. The summed E-state index contributed by atoms with van der Waals surface area (Å²) < 4.78 is 2.02. The standard InChI is InChI=1S/C15H18N4OS/c1-11(14(20)18-12-5-6-12)21-15-17-8-9-19(15)10-13-4-2-3-7-16-13/h2-4,7-9,11-12H,5-6,10H2,1H3,(H,18,20). The lowest BCUT2D eigenvalue weighted by atomic mass is 10.3. The number of rotatable bonds is 6. The zero-order valence-electron chi connectivity index (χ0n) is 11.9. The molecule has 110 valence electrons. The number of thioether (sulfide) groups is 1. The second-order valence-corrected chi connectivity index (χ2v) is 6.51. The second-order valence-electron chi connectivity index (χ2n) is 5.20. The zero-order chi connectivity index (χ0) is 14.7. The van der Waals surface area contributed by atoms with E-state index in [0.717, 1.165) is 23.7 Å². The highest BCUT2D eigenvalue weighted by atomic mass is 32.2. The lowest BCUT2D eigenvalue weighted by molar-refractivity contribution is -0.120. The predicted octanol–water partition coefficient (Wildman–Crippen LogP) is 2.09. The molecule has 1 saturated carbocycles. The second kappa shape index (κ2) is 6.30. The van der Waals surface area contributed by atoms with Gasteiger partial charge in [0.1, 0.15) is 0 Å². The summed E-state index contributed by atoms with van der Waals surface area (Å²) in [6, 6.07) is 6.25. The number of pyridine rings is 1. The number of imidazole rings is 1. The van der Waals surface area contributed by atoms with Gasteiger partial charge in [0.2, 0.25) is 5.91 Å². The van der Waals surface area contributed by atoms with E-state index in [1.807, 2.05) is 35.9 Å². The van der Waals surface area contributed by atoms with Crippen molar-refractivity contribution in [2.45, 2.75) is 42.8 Å². The maximum absolute atomic E-state index is 12.0. The molecule has 1 N–H and O–H groups in total. The highest BCUT2D eigenvalue weighted by Crippen LogP contribution is 2.24. The van der Waals surface area contributed by atoms with Gasteiger partial charge in [-0.1, -0.05) is 17.8 Å². The van der Waals surface area contributed by atoms with Crippen LogP contribution in [-0.2, 0) is 11.3 Å². The molecule has 5 nitrogen and oxygen atoms in total. The molecule has 2 aromatic heterocycles. The van der Waals surface area contributed by atoms with Crippen LogP contribution in [0.2, 0.25) is 0 Å². The normalized spacial score (nSPS) is 15.7. The average Bonchev–Trinajstić information content (AvgIpc) is 3.20. The number of amides is 1. The van der Waals surface area contributed by atoms with E-state index in [0.29, 0.717) is 12.6 Å². The van der Waals surface area contributed by atoms with Crippen LogP contribution in [-0.4, -0.2) is 31.7 Å². The van der Waals surface area contributed by atoms with E-state index in [9.17, 15) is 4.79 Å². The molecule has 1 unspecified atom stereocenters. The fourth-order valence-electron chi connectivity index (χ4n) is 1.96. The molecule has 1 aliphatic carbocycles. The largest absolute Gasteiger partial charge is 0.352 e. The van der Waals surface area contributed by atoms with Crippen molar-refractivity contribution >= 4 is 17.7 Å². The molecule has 1 amide bonds. The molecule has 0 saturated heterocycles. The molecular formula is C15H18N4OS. The van der Waals surface area contributed by atoms with Gasteiger partial charge in [-0.05, 0) is 31.9 Å². The van der Waals surface area contributed by atoms with E-state index in [-0.39, 0.29) is 11.2 Å². The maximum atomic E-state index is 12.0. The van der Waals surface area contributed by atoms with Crippen molar-refractivity contribution in [1.29, 1.82) is 0 Å². The number of hydrogen-bond acceptors (Lipinski definition) is 4. The number of carbonyl (C=O) groups excluding carboxylic acids is 1. The Bertz CT molecular complexity index is 609. The van der Waals surface area contributed by atoms with Crippen LogP contribution in [0.15, 0.2) is 41.9 Å². The molecule has 0 bridgehead atoms. The first-order chi connectivity index (χ1) is 10.2. The summed E-state index contributed by atoms with van der Waals surface area (Å²) in [5, 5.41) is 3.73. The molecule has 2 aromatic rings. The van der Waals surface area contributed by atoms with Crippen molar-refractivity contribution in [2.75, 3.05) is 0 Å². The Morgan fingerprint density at radius 1 is 1.43 bits per heavy atom. The lowest BCUT2D eigenvalue weighted by Gasteiger charge is -2.12. The third-order valence-corrected chi connectivity index (χ3v) is 4.43. The summed E-state index contributed by atoms with van der Waals surface area (Å²) in [6.45, 7) is 2.59. The number of nitrogens with one attached hydrogen (secondary N) is 1. The van der Waals surface area contributed by atoms with E-state index in [4.69, 9.17) is 0 Å². The van der Waals surface area contributed by atoms with Crippen molar-refractivity contribution in [2.24, 2.45) is 0 Å². The minimum absolute atomic E-state index is 0.0925. The van der Waals surface area contributed by atoms with Crippen molar-refractivity contribution in [3.63, 3.8) is 0 Å². The molecule has 3 rings (SSSR count). The minimum Gasteiger partial charge on any atom is -0.352 e. The van der Waals surface area contributed by atoms with Gasteiger partial charge in [0.05, 0.1) is 17.5 Å². The van der Waals surface area contributed by atoms with Crippen molar-refractivity contribution < 1.29 is 4.79 Å². The topological polar surface area (TPSA) is 59.8 Å². The summed E-state index contributed by atoms with van der Waals surface area (Å²) in [6.07, 6.45) is 7.68. The number of nitrogens with zero attached hydrogens (tertiary/aromatic N) is 3. The molecule has 0 aromatic carbocycles. The van der Waals surface area contributed by atoms with Crippen molar-refractivity contribution in [1.82, 2.24) is 19.9 Å². The van der Waals surface area contributed by atoms with Gasteiger partial charge in [0, 0.05) is 24.6 Å². The number of carbonyl (C=O) groups is 1. The van der Waals surface area contributed by atoms with Crippen LogP contribution in [0.25, 0.3) is 0 Å². The summed E-state index contributed by atoms with van der Waals surface area (Å²) in [4.78, 5) is 20.7. The number of aromatic nitrogens is 3. The minimum atomic E-state index is -0.143. The van der Waals surface area contributed by atoms with Crippen LogP contribution in [0.4, 0.5) is 0 Å². The lowest BCUT2D eigenvalue weighted by Crippen LogP contribution is -2.32. The quantitative estimate of drug-likeness (QED) is 0.830. The Labute approximate surface area is 128 Å². The molecule has 6 heteroatoms. The fourth-order valence-corrected chi connectivity index (χ4v) is 2.83. The van der Waals surface area contributed by atoms with Gasteiger partial charge in [0.15, 0.2) is 5.16 Å². The van der Waals surface area contributed by atoms with Gasteiger partial charge in [0.25, 0.3) is 0 Å². The number of hydrogen-bond donors (Lipinski definition) is 1. The van der Waals surface area contributed by atoms with Gasteiger partial charge < -0.3 is 9.88 Å². The molecule has 1 fully saturated rings. The average molecular weight is 302 g/mol. The third-order valence-electron chi connectivity index (χ3n) is 3.31. The molecule has 0 radical (unpaired) electrons. The van der Waals surface area contributed by atoms with Crippen LogP contribution in [0.1, 0.15) is 25.5 Å². The Morgan fingerprint density at radius 2 is 2.29 bits per heavy atom. The van der Waals surface area contributed by atoms with Crippen molar-refractivity contribution in [3.8, 4) is 0 Å². The van der Waals surface area contributed by atoms with Gasteiger partial charge in [-0.25, -0.2) is 4.98 Å². The summed E-state index contributed by atoms with van der Waals surface area (Å²) in [5.41, 5.74) is 0.979. The van der Waals surface area contributed by atoms with Crippen LogP contribution < -0.4 is 5.32 Å². The van der Waals surface area contributed by atoms with Crippen LogP contribution >= 0.6 is 11.8 Å². The Balaban J connectivity index is 1.63. The van der Waals surface area contributed by atoms with Crippen LogP contribution in [0.3, 0.4) is 0 Å². The highest BCUT2D eigenvalue weighted by molar-refractivity contribution is 8.00. The van der Waals surface area contributed by atoms with E-state index in [2.05, 4.69) is 15.3 Å². The smallest absolute Gasteiger partial charge is 0.233 e. The molecule has 0 aliphatic heterocycles. The Kier molecular flexibility index (Phi) is 4.24. The Morgan fingerprint density at radius 3 is 3.00 bits per heavy atom. The van der Waals surface area contributed by atoms with Gasteiger partial charge in [-0.2, -0.15) is 0 Å². The summed E-state index contributed by atoms with van der Waals surface area (Å²) in [7, 11) is 0. The molecule has 1 atom stereocenters. The third kappa shape index (κ3) is 3.85. The van der Waals surface area contributed by atoms with Crippen molar-refractivity contribution in [3.05, 3.63) is 42.5 Å². The Hall–Kier alpha value is -1.82. The van der Waals surface area contributed by atoms with Crippen LogP contribution in [0, 0.1) is 0 Å². The van der Waals surface area contributed by atoms with Gasteiger partial charge in [-0.3, -0.25) is 9.78 Å². The van der Waals surface area contributed by atoms with Gasteiger partial charge >= 0.3 is 0 Å².